The molecule has 22 heteroatoms. The predicted octanol–water partition coefficient (Wildman–Crippen LogP) is -7.79. The van der Waals surface area contributed by atoms with Gasteiger partial charge in [-0.2, -0.15) is 0 Å². The molecular weight excluding hydrogens is 644 g/mol. The molecule has 0 rings (SSSR count). The zero-order valence-corrected chi connectivity index (χ0v) is 26.2. The molecule has 22 nitrogen and oxygen atoms in total. The molecule has 48 heavy (non-hydrogen) atoms. The van der Waals surface area contributed by atoms with Crippen LogP contribution in [0.25, 0.3) is 0 Å². The first-order valence-corrected chi connectivity index (χ1v) is 14.8. The van der Waals surface area contributed by atoms with E-state index in [1.807, 2.05) is 5.32 Å². The topological polar surface area (TPSA) is 391 Å². The number of primary amides is 2. The van der Waals surface area contributed by atoms with E-state index in [0.717, 1.165) is 0 Å². The van der Waals surface area contributed by atoms with Crippen molar-refractivity contribution in [1.82, 2.24) is 31.9 Å². The molecule has 0 aliphatic rings. The van der Waals surface area contributed by atoms with E-state index in [0.29, 0.717) is 19.4 Å². The molecule has 17 N–H and O–H groups in total. The highest BCUT2D eigenvalue weighted by Crippen LogP contribution is 2.02. The van der Waals surface area contributed by atoms with E-state index >= 15 is 0 Å². The molecule has 8 amide bonds. The van der Waals surface area contributed by atoms with Crippen LogP contribution in [0.2, 0.25) is 0 Å². The second-order valence-electron chi connectivity index (χ2n) is 10.4. The third-order valence-corrected chi connectivity index (χ3v) is 6.43. The Morgan fingerprint density at radius 3 is 1.54 bits per heavy atom. The van der Waals surface area contributed by atoms with Gasteiger partial charge in [-0.3, -0.25) is 38.4 Å². The van der Waals surface area contributed by atoms with Crippen LogP contribution in [-0.4, -0.2) is 132 Å². The molecular formula is C26H46N10O12. The van der Waals surface area contributed by atoms with Crippen molar-refractivity contribution in [1.29, 1.82) is 0 Å². The van der Waals surface area contributed by atoms with Crippen LogP contribution < -0.4 is 54.8 Å². The third-order valence-electron chi connectivity index (χ3n) is 6.43. The molecule has 5 atom stereocenters. The second kappa shape index (κ2) is 23.4. The number of aliphatic hydroxyl groups excluding tert-OH is 2. The van der Waals surface area contributed by atoms with Gasteiger partial charge < -0.3 is 70.2 Å². The van der Waals surface area contributed by atoms with Gasteiger partial charge in [-0.25, -0.2) is 4.79 Å². The maximum Gasteiger partial charge on any atom is 0.326 e. The highest BCUT2D eigenvalue weighted by atomic mass is 16.4. The molecule has 0 spiro atoms. The first kappa shape index (κ1) is 43.1. The Hall–Kier alpha value is -4.93. The van der Waals surface area contributed by atoms with Crippen molar-refractivity contribution in [3.05, 3.63) is 0 Å². The molecule has 0 aromatic carbocycles. The number of carboxylic acids is 1. The molecule has 0 fully saturated rings. The minimum atomic E-state index is -1.63. The van der Waals surface area contributed by atoms with Crippen LogP contribution in [0.1, 0.15) is 44.9 Å². The molecule has 0 radical (unpaired) electrons. The van der Waals surface area contributed by atoms with Crippen LogP contribution in [0.3, 0.4) is 0 Å². The van der Waals surface area contributed by atoms with E-state index in [4.69, 9.17) is 22.9 Å². The highest BCUT2D eigenvalue weighted by molar-refractivity contribution is 5.95. The maximum absolute atomic E-state index is 12.7. The highest BCUT2D eigenvalue weighted by Gasteiger charge is 2.29. The Labute approximate surface area is 274 Å². The summed E-state index contributed by atoms with van der Waals surface area (Å²) >= 11 is 0. The molecule has 0 aliphatic heterocycles. The predicted molar refractivity (Wildman–Crippen MR) is 163 cm³/mol. The molecule has 0 aromatic rings. The number of unbranched alkanes of at least 4 members (excludes halogenated alkanes) is 1. The van der Waals surface area contributed by atoms with E-state index < -0.39 is 110 Å². The number of carboxylic acid groups (broad SMARTS) is 1. The van der Waals surface area contributed by atoms with Crippen LogP contribution in [0.4, 0.5) is 0 Å². The zero-order valence-electron chi connectivity index (χ0n) is 26.2. The molecule has 0 aliphatic carbocycles. The van der Waals surface area contributed by atoms with Crippen molar-refractivity contribution in [3.8, 4) is 0 Å². The first-order chi connectivity index (χ1) is 22.6. The van der Waals surface area contributed by atoms with Gasteiger partial charge in [0.1, 0.15) is 24.2 Å². The minimum Gasteiger partial charge on any atom is -0.480 e. The normalized spacial score (nSPS) is 13.8. The van der Waals surface area contributed by atoms with Gasteiger partial charge in [0, 0.05) is 12.8 Å². The molecule has 0 aromatic heterocycles. The number of aliphatic hydroxyl groups is 2. The smallest absolute Gasteiger partial charge is 0.326 e. The number of nitrogens with two attached hydrogens (primary N) is 4. The van der Waals surface area contributed by atoms with Crippen molar-refractivity contribution in [2.24, 2.45) is 22.9 Å². The number of carbonyl (C=O) groups is 9. The lowest BCUT2D eigenvalue weighted by Crippen LogP contribution is -2.57. The Kier molecular flexibility index (Phi) is 21.0. The molecule has 0 saturated carbocycles. The average Bonchev–Trinajstić information content (AvgIpc) is 3.03. The lowest BCUT2D eigenvalue weighted by molar-refractivity contribution is -0.142. The summed E-state index contributed by atoms with van der Waals surface area (Å²) in [6, 6.07) is -7.13. The fraction of sp³-hybridized carbons (Fsp3) is 0.654. The van der Waals surface area contributed by atoms with E-state index in [2.05, 4.69) is 26.6 Å². The van der Waals surface area contributed by atoms with E-state index in [9.17, 15) is 58.5 Å². The summed E-state index contributed by atoms with van der Waals surface area (Å²) in [5.74, 6) is -8.85. The van der Waals surface area contributed by atoms with Gasteiger partial charge in [0.25, 0.3) is 0 Å². The van der Waals surface area contributed by atoms with Crippen molar-refractivity contribution in [2.75, 3.05) is 32.8 Å². The number of aliphatic carboxylic acids is 1. The van der Waals surface area contributed by atoms with Gasteiger partial charge >= 0.3 is 5.97 Å². The number of amides is 8. The summed E-state index contributed by atoms with van der Waals surface area (Å²) in [4.78, 5) is 108. The number of rotatable bonds is 25. The summed E-state index contributed by atoms with van der Waals surface area (Å²) in [7, 11) is 0. The summed E-state index contributed by atoms with van der Waals surface area (Å²) in [5, 5.41) is 41.2. The monoisotopic (exact) mass is 690 g/mol. The molecule has 272 valence electrons. The minimum absolute atomic E-state index is 0.264. The van der Waals surface area contributed by atoms with E-state index in [-0.39, 0.29) is 32.1 Å². The molecule has 0 bridgehead atoms. The Balaban J connectivity index is 5.08. The van der Waals surface area contributed by atoms with Crippen molar-refractivity contribution in [2.45, 2.75) is 75.2 Å². The number of carbonyl (C=O) groups excluding carboxylic acids is 8. The van der Waals surface area contributed by atoms with Gasteiger partial charge in [0.15, 0.2) is 0 Å². The fourth-order valence-electron chi connectivity index (χ4n) is 3.73. The number of hydrogen-bond acceptors (Lipinski definition) is 13. The fourth-order valence-corrected chi connectivity index (χ4v) is 3.73. The molecule has 0 heterocycles. The summed E-state index contributed by atoms with van der Waals surface area (Å²) in [6.45, 7) is -2.92. The van der Waals surface area contributed by atoms with Crippen LogP contribution in [0.5, 0.6) is 0 Å². The van der Waals surface area contributed by atoms with Crippen LogP contribution in [0.15, 0.2) is 0 Å². The maximum atomic E-state index is 12.7. The van der Waals surface area contributed by atoms with E-state index in [1.54, 1.807) is 0 Å². The Bertz CT molecular complexity index is 1150. The standard InChI is InChI=1S/C26H46N10O12/c27-8-2-1-3-13(28)22(43)36-17(12-38)25(46)34-14(4-6-18(29)39)23(44)32-9-20(41)31-10-21(42)33-16(11-37)24(45)35-15(26(47)48)5-7-19(30)40/h13-17,37-38H,1-12,27-28H2,(H2,29,39)(H2,30,40)(H,31,41)(H,32,44)(H,33,42)(H,34,46)(H,35,45)(H,36,43)(H,47,48). The van der Waals surface area contributed by atoms with Crippen molar-refractivity contribution in [3.63, 3.8) is 0 Å². The van der Waals surface area contributed by atoms with Crippen LogP contribution >= 0.6 is 0 Å². The molecule has 0 saturated heterocycles. The summed E-state index contributed by atoms with van der Waals surface area (Å²) in [6.07, 6.45) is 0.0310. The van der Waals surface area contributed by atoms with Gasteiger partial charge in [-0.05, 0) is 32.2 Å². The Morgan fingerprint density at radius 2 is 1.04 bits per heavy atom. The first-order valence-electron chi connectivity index (χ1n) is 14.8. The Morgan fingerprint density at radius 1 is 0.562 bits per heavy atom. The lowest BCUT2D eigenvalue weighted by atomic mass is 10.1. The van der Waals surface area contributed by atoms with Gasteiger partial charge in [0.05, 0.1) is 32.3 Å². The quantitative estimate of drug-likeness (QED) is 0.0396. The van der Waals surface area contributed by atoms with E-state index in [1.165, 1.54) is 0 Å². The largest absolute Gasteiger partial charge is 0.480 e. The average molecular weight is 691 g/mol. The van der Waals surface area contributed by atoms with Crippen LogP contribution in [0, 0.1) is 0 Å². The summed E-state index contributed by atoms with van der Waals surface area (Å²) < 4.78 is 0. The van der Waals surface area contributed by atoms with Gasteiger partial charge in [-0.15, -0.1) is 0 Å². The van der Waals surface area contributed by atoms with Gasteiger partial charge in [-0.1, -0.05) is 6.42 Å². The SMILES string of the molecule is NCCCCC(N)C(=O)NC(CO)C(=O)NC(CCC(N)=O)C(=O)NCC(=O)NCC(=O)NC(CO)C(=O)NC(CCC(N)=O)C(=O)O. The lowest BCUT2D eigenvalue weighted by Gasteiger charge is -2.23. The zero-order chi connectivity index (χ0) is 36.8. The molecule has 5 unspecified atom stereocenters. The van der Waals surface area contributed by atoms with Crippen molar-refractivity contribution < 1.29 is 58.5 Å². The van der Waals surface area contributed by atoms with Gasteiger partial charge in [0.2, 0.25) is 47.3 Å². The third kappa shape index (κ3) is 18.3. The van der Waals surface area contributed by atoms with Crippen LogP contribution in [-0.2, 0) is 43.2 Å². The number of hydrogen-bond donors (Lipinski definition) is 13. The second-order valence-corrected chi connectivity index (χ2v) is 10.4. The van der Waals surface area contributed by atoms with Crippen molar-refractivity contribution >= 4 is 53.2 Å². The summed E-state index contributed by atoms with van der Waals surface area (Å²) in [5.41, 5.74) is 21.3. The number of nitrogens with one attached hydrogen (secondary N) is 6.